The molecule has 0 atom stereocenters. The lowest BCUT2D eigenvalue weighted by molar-refractivity contribution is -0.136. The molecule has 98 valence electrons. The number of benzene rings is 1. The van der Waals surface area contributed by atoms with Crippen molar-refractivity contribution in [1.82, 2.24) is 10.2 Å². The summed E-state index contributed by atoms with van der Waals surface area (Å²) in [4.78, 5) is 13.8. The van der Waals surface area contributed by atoms with Crippen LogP contribution in [-0.4, -0.2) is 30.9 Å². The average molecular weight is 246 g/mol. The minimum atomic E-state index is 0.185. The first-order chi connectivity index (χ1) is 8.58. The van der Waals surface area contributed by atoms with Crippen molar-refractivity contribution in [2.45, 2.75) is 26.3 Å². The molecule has 1 saturated heterocycles. The number of amides is 1. The van der Waals surface area contributed by atoms with E-state index in [2.05, 4.69) is 43.4 Å². The molecule has 3 nitrogen and oxygen atoms in total. The molecule has 0 bridgehead atoms. The first-order valence-electron chi connectivity index (χ1n) is 6.62. The van der Waals surface area contributed by atoms with Gasteiger partial charge in [-0.25, -0.2) is 0 Å². The van der Waals surface area contributed by atoms with Crippen molar-refractivity contribution in [2.75, 3.05) is 20.1 Å². The van der Waals surface area contributed by atoms with E-state index in [1.165, 1.54) is 11.1 Å². The average Bonchev–Trinajstić information content (AvgIpc) is 2.27. The summed E-state index contributed by atoms with van der Waals surface area (Å²) < 4.78 is 0. The molecule has 0 unspecified atom stereocenters. The number of rotatable bonds is 4. The van der Waals surface area contributed by atoms with E-state index in [1.54, 1.807) is 0 Å². The van der Waals surface area contributed by atoms with Crippen molar-refractivity contribution in [3.63, 3.8) is 0 Å². The zero-order chi connectivity index (χ0) is 13.1. The Morgan fingerprint density at radius 2 is 1.94 bits per heavy atom. The van der Waals surface area contributed by atoms with E-state index in [1.807, 2.05) is 11.9 Å². The number of hydrogen-bond acceptors (Lipinski definition) is 2. The second-order valence-corrected chi connectivity index (χ2v) is 5.45. The monoisotopic (exact) mass is 246 g/mol. The van der Waals surface area contributed by atoms with Crippen molar-refractivity contribution in [1.29, 1.82) is 0 Å². The van der Waals surface area contributed by atoms with Gasteiger partial charge in [0.15, 0.2) is 0 Å². The zero-order valence-electron chi connectivity index (χ0n) is 11.4. The molecule has 1 aromatic carbocycles. The number of carbonyl (C=O) groups is 1. The van der Waals surface area contributed by atoms with Crippen LogP contribution in [0, 0.1) is 5.92 Å². The van der Waals surface area contributed by atoms with E-state index in [0.29, 0.717) is 12.5 Å². The molecule has 0 saturated carbocycles. The Balaban J connectivity index is 1.93. The molecule has 2 rings (SSSR count). The van der Waals surface area contributed by atoms with Gasteiger partial charge in [-0.15, -0.1) is 0 Å². The fourth-order valence-electron chi connectivity index (χ4n) is 2.13. The van der Waals surface area contributed by atoms with Crippen molar-refractivity contribution in [3.05, 3.63) is 35.4 Å². The van der Waals surface area contributed by atoms with Crippen LogP contribution in [0.1, 0.15) is 30.9 Å². The highest BCUT2D eigenvalue weighted by atomic mass is 16.2. The van der Waals surface area contributed by atoms with Crippen LogP contribution in [-0.2, 0) is 11.3 Å². The van der Waals surface area contributed by atoms with Gasteiger partial charge in [0, 0.05) is 26.7 Å². The molecule has 0 aromatic heterocycles. The van der Waals surface area contributed by atoms with Crippen LogP contribution in [0.25, 0.3) is 0 Å². The lowest BCUT2D eigenvalue weighted by Crippen LogP contribution is -2.50. The highest BCUT2D eigenvalue weighted by molar-refractivity contribution is 5.79. The highest BCUT2D eigenvalue weighted by Gasteiger charge is 2.27. The fraction of sp³-hybridized carbons (Fsp3) is 0.533. The van der Waals surface area contributed by atoms with Crippen LogP contribution in [0.4, 0.5) is 0 Å². The molecular formula is C15H22N2O. The van der Waals surface area contributed by atoms with E-state index in [9.17, 15) is 4.79 Å². The molecule has 1 aliphatic rings. The van der Waals surface area contributed by atoms with Crippen LogP contribution in [0.5, 0.6) is 0 Å². The molecule has 1 N–H and O–H groups in total. The van der Waals surface area contributed by atoms with Gasteiger partial charge in [0.1, 0.15) is 0 Å². The van der Waals surface area contributed by atoms with Gasteiger partial charge in [0.2, 0.25) is 5.91 Å². The van der Waals surface area contributed by atoms with E-state index in [4.69, 9.17) is 0 Å². The first-order valence-corrected chi connectivity index (χ1v) is 6.62. The summed E-state index contributed by atoms with van der Waals surface area (Å²) >= 11 is 0. The Labute approximate surface area is 109 Å². The van der Waals surface area contributed by atoms with Gasteiger partial charge in [0.05, 0.1) is 5.92 Å². The molecule has 1 amide bonds. The van der Waals surface area contributed by atoms with E-state index in [0.717, 1.165) is 13.1 Å². The molecular weight excluding hydrogens is 224 g/mol. The predicted octanol–water partition coefficient (Wildman–Crippen LogP) is 1.99. The number of nitrogens with zero attached hydrogens (tertiary/aromatic N) is 1. The quantitative estimate of drug-likeness (QED) is 0.881. The van der Waals surface area contributed by atoms with Crippen molar-refractivity contribution in [2.24, 2.45) is 5.92 Å². The molecule has 0 aliphatic carbocycles. The van der Waals surface area contributed by atoms with Gasteiger partial charge in [-0.1, -0.05) is 38.1 Å². The maximum Gasteiger partial charge on any atom is 0.228 e. The standard InChI is InChI=1S/C15H22N2O/c1-11(2)13-6-4-12(5-7-13)10-17(3)15(18)14-8-16-9-14/h4-7,11,14,16H,8-10H2,1-3H3. The summed E-state index contributed by atoms with van der Waals surface area (Å²) in [6, 6.07) is 8.56. The molecule has 3 heteroatoms. The second-order valence-electron chi connectivity index (χ2n) is 5.45. The van der Waals surface area contributed by atoms with Crippen LogP contribution < -0.4 is 5.32 Å². The van der Waals surface area contributed by atoms with Gasteiger partial charge < -0.3 is 10.2 Å². The zero-order valence-corrected chi connectivity index (χ0v) is 11.4. The smallest absolute Gasteiger partial charge is 0.228 e. The van der Waals surface area contributed by atoms with Gasteiger partial charge >= 0.3 is 0 Å². The lowest BCUT2D eigenvalue weighted by atomic mass is 10.0. The van der Waals surface area contributed by atoms with Crippen LogP contribution >= 0.6 is 0 Å². The third-order valence-corrected chi connectivity index (χ3v) is 3.57. The van der Waals surface area contributed by atoms with Gasteiger partial charge in [0.25, 0.3) is 0 Å². The summed E-state index contributed by atoms with van der Waals surface area (Å²) in [6.07, 6.45) is 0. The molecule has 1 heterocycles. The van der Waals surface area contributed by atoms with Crippen molar-refractivity contribution < 1.29 is 4.79 Å². The van der Waals surface area contributed by atoms with Gasteiger partial charge in [-0.3, -0.25) is 4.79 Å². The maximum atomic E-state index is 12.0. The lowest BCUT2D eigenvalue weighted by Gasteiger charge is -2.30. The Hall–Kier alpha value is -1.35. The first kappa shape index (κ1) is 13.1. The molecule has 18 heavy (non-hydrogen) atoms. The minimum Gasteiger partial charge on any atom is -0.341 e. The molecule has 0 radical (unpaired) electrons. The van der Waals surface area contributed by atoms with E-state index in [-0.39, 0.29) is 11.8 Å². The Morgan fingerprint density at radius 3 is 2.39 bits per heavy atom. The summed E-state index contributed by atoms with van der Waals surface area (Å²) in [5.41, 5.74) is 2.54. The van der Waals surface area contributed by atoms with Crippen LogP contribution in [0.15, 0.2) is 24.3 Å². The maximum absolute atomic E-state index is 12.0. The number of nitrogens with one attached hydrogen (secondary N) is 1. The van der Waals surface area contributed by atoms with Crippen LogP contribution in [0.2, 0.25) is 0 Å². The summed E-state index contributed by atoms with van der Waals surface area (Å²) in [6.45, 7) is 6.74. The fourth-order valence-corrected chi connectivity index (χ4v) is 2.13. The molecule has 1 fully saturated rings. The summed E-state index contributed by atoms with van der Waals surface area (Å²) in [5.74, 6) is 0.992. The van der Waals surface area contributed by atoms with E-state index >= 15 is 0 Å². The normalized spacial score (nSPS) is 15.6. The minimum absolute atomic E-state index is 0.185. The Bertz CT molecular complexity index is 407. The number of hydrogen-bond donors (Lipinski definition) is 1. The Morgan fingerprint density at radius 1 is 1.33 bits per heavy atom. The molecule has 1 aromatic rings. The third-order valence-electron chi connectivity index (χ3n) is 3.57. The number of carbonyl (C=O) groups excluding carboxylic acids is 1. The topological polar surface area (TPSA) is 32.3 Å². The SMILES string of the molecule is CC(C)c1ccc(CN(C)C(=O)C2CNC2)cc1. The summed E-state index contributed by atoms with van der Waals surface area (Å²) in [7, 11) is 1.89. The van der Waals surface area contributed by atoms with Crippen molar-refractivity contribution in [3.8, 4) is 0 Å². The largest absolute Gasteiger partial charge is 0.341 e. The summed E-state index contributed by atoms with van der Waals surface area (Å²) in [5, 5.41) is 3.13. The highest BCUT2D eigenvalue weighted by Crippen LogP contribution is 2.16. The van der Waals surface area contributed by atoms with E-state index < -0.39 is 0 Å². The molecule has 0 spiro atoms. The second kappa shape index (κ2) is 5.53. The third kappa shape index (κ3) is 2.91. The van der Waals surface area contributed by atoms with Gasteiger partial charge in [-0.2, -0.15) is 0 Å². The van der Waals surface area contributed by atoms with Gasteiger partial charge in [-0.05, 0) is 17.0 Å². The molecule has 1 aliphatic heterocycles. The van der Waals surface area contributed by atoms with Crippen molar-refractivity contribution >= 4 is 5.91 Å². The van der Waals surface area contributed by atoms with Crippen LogP contribution in [0.3, 0.4) is 0 Å². The Kier molecular flexibility index (Phi) is 4.02. The predicted molar refractivity (Wildman–Crippen MR) is 73.4 cm³/mol.